The molecule has 4 aromatic heterocycles. The molecule has 2 fully saturated rings. The number of hydrogen-bond donors (Lipinski definition) is 1. The zero-order chi connectivity index (χ0) is 54.1. The number of carbonyl (C=O) groups excluding carboxylic acids is 1. The summed E-state index contributed by atoms with van der Waals surface area (Å²) in [6.45, 7) is 1.19. The number of methoxy groups -OCH3 is 1. The van der Waals surface area contributed by atoms with Gasteiger partial charge in [-0.3, -0.25) is 9.59 Å². The first-order valence-electron chi connectivity index (χ1n) is 23.9. The highest BCUT2D eigenvalue weighted by atomic mass is 19.4. The molecule has 2 saturated heterocycles. The van der Waals surface area contributed by atoms with Crippen molar-refractivity contribution in [1.29, 1.82) is 0 Å². The maximum atomic E-state index is 13.2. The summed E-state index contributed by atoms with van der Waals surface area (Å²) in [6, 6.07) is 34.8. The second-order valence-corrected chi connectivity index (χ2v) is 17.9. The lowest BCUT2D eigenvalue weighted by Crippen LogP contribution is -2.24. The Morgan fingerprint density at radius 3 is 1.44 bits per heavy atom. The minimum absolute atomic E-state index is 0.0408. The van der Waals surface area contributed by atoms with Crippen LogP contribution in [0.25, 0.3) is 22.9 Å². The van der Waals surface area contributed by atoms with Crippen LogP contribution in [0.1, 0.15) is 58.8 Å². The number of hydrogen-bond acceptors (Lipinski definition) is 17. The Hall–Kier alpha value is -8.96. The molecule has 0 spiro atoms. The molecule has 0 aliphatic carbocycles. The molecule has 4 atom stereocenters. The summed E-state index contributed by atoms with van der Waals surface area (Å²) < 4.78 is 106. The van der Waals surface area contributed by atoms with E-state index in [9.17, 15) is 41.0 Å². The van der Waals surface area contributed by atoms with Crippen LogP contribution in [0.2, 0.25) is 0 Å². The minimum Gasteiger partial charge on any atom is -0.485 e. The van der Waals surface area contributed by atoms with Gasteiger partial charge in [0.15, 0.2) is 13.2 Å². The number of benzene rings is 4. The molecule has 0 radical (unpaired) electrons. The molecular weight excluding hydrogens is 1020 g/mol. The number of halogens is 6. The lowest BCUT2D eigenvalue weighted by Gasteiger charge is -2.18. The molecule has 0 amide bonds. The predicted octanol–water partition coefficient (Wildman–Crippen LogP) is 9.73. The van der Waals surface area contributed by atoms with Crippen molar-refractivity contribution in [2.75, 3.05) is 43.1 Å². The zero-order valence-corrected chi connectivity index (χ0v) is 40.7. The minimum atomic E-state index is -4.61. The molecule has 24 heteroatoms. The van der Waals surface area contributed by atoms with E-state index in [0.717, 1.165) is 46.8 Å². The Kier molecular flexibility index (Phi) is 16.0. The number of anilines is 2. The molecule has 0 saturated carbocycles. The van der Waals surface area contributed by atoms with Crippen LogP contribution >= 0.6 is 0 Å². The van der Waals surface area contributed by atoms with Gasteiger partial charge in [-0.15, -0.1) is 0 Å². The normalized spacial score (nSPS) is 17.4. The standard InChI is InChI=1S/C27H24F3N5O4.C26H22F3N5O4/c1-37-24(36)13-19-14-35(26-31-11-10-22(32-26)27(28,29)30)15-21(19)18-8-5-9-20(12-18)38-16-23-33-25(39-34-23)17-6-3-2-4-7-17;27-26(28,29)21-9-10-30-25(31-21)34-13-18(12-23(35)36)20(14-34)17-7-4-8-19(11-17)37-15-22-32-24(38-33-22)16-5-2-1-3-6-16/h2-12,19,21H,13-16H2,1H3;1-11,18,20H,12-15H2,(H,35,36)/t19-,21-;18-,20-/m00/s1. The molecule has 18 nitrogen and oxygen atoms in total. The lowest BCUT2D eigenvalue weighted by atomic mass is 9.87. The smallest absolute Gasteiger partial charge is 0.433 e. The average molecular weight is 1070 g/mol. The quantitative estimate of drug-likeness (QED) is 0.0703. The maximum absolute atomic E-state index is 13.2. The lowest BCUT2D eigenvalue weighted by molar-refractivity contribution is -0.142. The second kappa shape index (κ2) is 23.3. The molecule has 0 unspecified atom stereocenters. The fourth-order valence-corrected chi connectivity index (χ4v) is 9.06. The largest absolute Gasteiger partial charge is 0.485 e. The second-order valence-electron chi connectivity index (χ2n) is 17.9. The number of aliphatic carboxylic acids is 1. The Labute approximate surface area is 434 Å². The van der Waals surface area contributed by atoms with Crippen molar-refractivity contribution in [1.82, 2.24) is 40.2 Å². The summed E-state index contributed by atoms with van der Waals surface area (Å²) in [7, 11) is 1.30. The highest BCUT2D eigenvalue weighted by Gasteiger charge is 2.40. The molecular formula is C53H46F6N10O8. The number of ether oxygens (including phenoxy) is 3. The molecule has 2 aliphatic heterocycles. The molecule has 398 valence electrons. The molecule has 1 N–H and O–H groups in total. The van der Waals surface area contributed by atoms with E-state index in [0.29, 0.717) is 41.5 Å². The van der Waals surface area contributed by atoms with Gasteiger partial charge in [-0.2, -0.15) is 36.3 Å². The third kappa shape index (κ3) is 13.5. The van der Waals surface area contributed by atoms with E-state index >= 15 is 0 Å². The SMILES string of the molecule is COC(=O)C[C@H]1CN(c2nccc(C(F)(F)F)n2)C[C@H]1c1cccc(OCc2noc(-c3ccccc3)n2)c1.O=C(O)C[C@H]1CN(c2nccc(C(F)(F)F)n2)C[C@H]1c1cccc(OCc2noc(-c3ccccc3)n2)c1. The Balaban J connectivity index is 0.000000188. The van der Waals surface area contributed by atoms with E-state index in [1.54, 1.807) is 34.1 Å². The van der Waals surface area contributed by atoms with E-state index in [1.807, 2.05) is 84.9 Å². The van der Waals surface area contributed by atoms with Gasteiger partial charge in [-0.25, -0.2) is 19.9 Å². The molecule has 8 aromatic rings. The summed E-state index contributed by atoms with van der Waals surface area (Å²) >= 11 is 0. The number of nitrogens with zero attached hydrogens (tertiary/aromatic N) is 10. The highest BCUT2D eigenvalue weighted by molar-refractivity contribution is 5.70. The van der Waals surface area contributed by atoms with Crippen molar-refractivity contribution >= 4 is 23.8 Å². The number of rotatable bonds is 16. The molecule has 2 aliphatic rings. The van der Waals surface area contributed by atoms with Gasteiger partial charge < -0.3 is 38.2 Å². The summed E-state index contributed by atoms with van der Waals surface area (Å²) in [5.41, 5.74) is 1.16. The van der Waals surface area contributed by atoms with Gasteiger partial charge >= 0.3 is 24.3 Å². The van der Waals surface area contributed by atoms with Crippen LogP contribution in [0.15, 0.2) is 143 Å². The Bertz CT molecular complexity index is 3270. The predicted molar refractivity (Wildman–Crippen MR) is 261 cm³/mol. The van der Waals surface area contributed by atoms with Crippen molar-refractivity contribution in [3.8, 4) is 34.4 Å². The third-order valence-electron chi connectivity index (χ3n) is 12.7. The molecule has 4 aromatic carbocycles. The Morgan fingerprint density at radius 1 is 0.584 bits per heavy atom. The van der Waals surface area contributed by atoms with Crippen LogP contribution < -0.4 is 19.3 Å². The number of esters is 1. The van der Waals surface area contributed by atoms with Gasteiger partial charge in [0.1, 0.15) is 22.9 Å². The van der Waals surface area contributed by atoms with Crippen molar-refractivity contribution < 1.29 is 64.3 Å². The first kappa shape index (κ1) is 52.9. The number of aromatic nitrogens is 8. The molecule has 6 heterocycles. The number of carbonyl (C=O) groups is 2. The van der Waals surface area contributed by atoms with Crippen LogP contribution in [0.5, 0.6) is 11.5 Å². The summed E-state index contributed by atoms with van der Waals surface area (Å²) in [5, 5.41) is 17.4. The van der Waals surface area contributed by atoms with E-state index < -0.39 is 35.7 Å². The molecule has 77 heavy (non-hydrogen) atoms. The van der Waals surface area contributed by atoms with Gasteiger partial charge in [-0.05, 0) is 83.6 Å². The van der Waals surface area contributed by atoms with E-state index in [2.05, 4.69) is 40.2 Å². The summed E-state index contributed by atoms with van der Waals surface area (Å²) in [6.07, 6.45) is -7.12. The summed E-state index contributed by atoms with van der Waals surface area (Å²) in [4.78, 5) is 51.1. The van der Waals surface area contributed by atoms with Gasteiger partial charge in [0.05, 0.1) is 20.0 Å². The van der Waals surface area contributed by atoms with Crippen LogP contribution in [-0.4, -0.2) is 90.6 Å². The van der Waals surface area contributed by atoms with E-state index in [1.165, 1.54) is 7.11 Å². The van der Waals surface area contributed by atoms with Crippen LogP contribution in [0.4, 0.5) is 38.2 Å². The van der Waals surface area contributed by atoms with E-state index in [4.69, 9.17) is 23.3 Å². The van der Waals surface area contributed by atoms with Crippen molar-refractivity contribution in [2.45, 2.75) is 50.2 Å². The van der Waals surface area contributed by atoms with Gasteiger partial charge in [-0.1, -0.05) is 71.0 Å². The van der Waals surface area contributed by atoms with Gasteiger partial charge in [0.25, 0.3) is 11.8 Å². The Morgan fingerprint density at radius 2 is 1.03 bits per heavy atom. The van der Waals surface area contributed by atoms with E-state index in [-0.39, 0.29) is 81.3 Å². The fourth-order valence-electron chi connectivity index (χ4n) is 9.06. The monoisotopic (exact) mass is 1060 g/mol. The van der Waals surface area contributed by atoms with Crippen molar-refractivity contribution in [3.63, 3.8) is 0 Å². The average Bonchev–Trinajstić information content (AvgIpc) is 4.29. The van der Waals surface area contributed by atoms with Crippen LogP contribution in [-0.2, 0) is 39.9 Å². The van der Waals surface area contributed by atoms with Gasteiger partial charge in [0, 0.05) is 61.5 Å². The highest BCUT2D eigenvalue weighted by Crippen LogP contribution is 2.40. The number of alkyl halides is 6. The molecule has 0 bridgehead atoms. The molecule has 10 rings (SSSR count). The topological polar surface area (TPSA) is 218 Å². The summed E-state index contributed by atoms with van der Waals surface area (Å²) in [5.74, 6) is -0.0950. The van der Waals surface area contributed by atoms with Crippen molar-refractivity contribution in [3.05, 3.63) is 168 Å². The first-order chi connectivity index (χ1) is 37.1. The van der Waals surface area contributed by atoms with Gasteiger partial charge in [0.2, 0.25) is 23.5 Å². The fraction of sp³-hybridized carbons (Fsp3) is 0.283. The maximum Gasteiger partial charge on any atom is 0.433 e. The van der Waals surface area contributed by atoms with Crippen molar-refractivity contribution in [2.24, 2.45) is 11.8 Å². The number of carboxylic acid groups (broad SMARTS) is 1. The van der Waals surface area contributed by atoms with Crippen LogP contribution in [0.3, 0.4) is 0 Å². The number of carboxylic acids is 1. The first-order valence-corrected chi connectivity index (χ1v) is 23.9. The van der Waals surface area contributed by atoms with Crippen LogP contribution in [0, 0.1) is 11.8 Å². The third-order valence-corrected chi connectivity index (χ3v) is 12.7. The zero-order valence-electron chi connectivity index (χ0n) is 40.7.